The topological polar surface area (TPSA) is 22.1 Å². The van der Waals surface area contributed by atoms with Gasteiger partial charge in [-0.2, -0.15) is 0 Å². The summed E-state index contributed by atoms with van der Waals surface area (Å²) in [6, 6.07) is 10.2. The molecule has 2 rings (SSSR count). The average Bonchev–Trinajstić information content (AvgIpc) is 2.30. The highest BCUT2D eigenvalue weighted by Gasteiger charge is 2.05. The lowest BCUT2D eigenvalue weighted by atomic mass is 9.99. The largest absolute Gasteiger partial charge is 0.497 e. The van der Waals surface area contributed by atoms with Gasteiger partial charge in [-0.3, -0.25) is 4.98 Å². The van der Waals surface area contributed by atoms with Crippen LogP contribution in [0.15, 0.2) is 36.5 Å². The Morgan fingerprint density at radius 1 is 1.06 bits per heavy atom. The molecule has 2 aromatic rings. The van der Waals surface area contributed by atoms with Crippen LogP contribution in [0.2, 0.25) is 0 Å². The van der Waals surface area contributed by atoms with E-state index in [9.17, 15) is 0 Å². The first-order valence-corrected chi connectivity index (χ1v) is 5.29. The third-order valence-corrected chi connectivity index (χ3v) is 2.73. The number of ether oxygens (including phenoxy) is 1. The van der Waals surface area contributed by atoms with Crippen molar-refractivity contribution in [2.75, 3.05) is 7.11 Å². The summed E-state index contributed by atoms with van der Waals surface area (Å²) in [5.74, 6) is 0.891. The van der Waals surface area contributed by atoms with Crippen LogP contribution in [0.4, 0.5) is 0 Å². The molecule has 0 aliphatic carbocycles. The highest BCUT2D eigenvalue weighted by Crippen LogP contribution is 2.28. The van der Waals surface area contributed by atoms with Crippen LogP contribution in [0.25, 0.3) is 11.1 Å². The number of methoxy groups -OCH3 is 1. The van der Waals surface area contributed by atoms with E-state index in [0.717, 1.165) is 11.4 Å². The van der Waals surface area contributed by atoms with E-state index in [0.29, 0.717) is 0 Å². The Labute approximate surface area is 95.9 Å². The van der Waals surface area contributed by atoms with Gasteiger partial charge in [0.05, 0.1) is 7.11 Å². The van der Waals surface area contributed by atoms with Gasteiger partial charge < -0.3 is 4.74 Å². The highest BCUT2D eigenvalue weighted by atomic mass is 16.5. The van der Waals surface area contributed by atoms with E-state index in [4.69, 9.17) is 4.74 Å². The molecule has 0 spiro atoms. The van der Waals surface area contributed by atoms with Crippen molar-refractivity contribution in [2.45, 2.75) is 13.8 Å². The van der Waals surface area contributed by atoms with Crippen LogP contribution in [-0.2, 0) is 0 Å². The van der Waals surface area contributed by atoms with Gasteiger partial charge in [-0.25, -0.2) is 0 Å². The van der Waals surface area contributed by atoms with E-state index in [1.807, 2.05) is 31.3 Å². The number of hydrogen-bond donors (Lipinski definition) is 0. The number of benzene rings is 1. The van der Waals surface area contributed by atoms with Crippen LogP contribution in [0.5, 0.6) is 5.75 Å². The first kappa shape index (κ1) is 10.7. The molecular weight excluding hydrogens is 198 g/mol. The van der Waals surface area contributed by atoms with Crippen molar-refractivity contribution in [2.24, 2.45) is 0 Å². The second-order valence-electron chi connectivity index (χ2n) is 3.82. The molecule has 0 radical (unpaired) electrons. The highest BCUT2D eigenvalue weighted by molar-refractivity contribution is 5.69. The maximum Gasteiger partial charge on any atom is 0.119 e. The smallest absolute Gasteiger partial charge is 0.119 e. The van der Waals surface area contributed by atoms with E-state index in [1.54, 1.807) is 7.11 Å². The Bertz CT molecular complexity index is 506. The third kappa shape index (κ3) is 1.91. The second kappa shape index (κ2) is 4.35. The monoisotopic (exact) mass is 213 g/mol. The fourth-order valence-electron chi connectivity index (χ4n) is 1.83. The molecule has 0 atom stereocenters. The molecule has 0 fully saturated rings. The quantitative estimate of drug-likeness (QED) is 0.763. The minimum Gasteiger partial charge on any atom is -0.497 e. The maximum atomic E-state index is 5.20. The van der Waals surface area contributed by atoms with Gasteiger partial charge in [-0.05, 0) is 43.2 Å². The molecule has 1 aromatic carbocycles. The SMILES string of the molecule is COc1ccc(-c2cccnc2C)c(C)c1. The number of nitrogens with zero attached hydrogens (tertiary/aromatic N) is 1. The molecule has 0 aliphatic heterocycles. The van der Waals surface area contributed by atoms with Gasteiger partial charge in [0, 0.05) is 17.5 Å². The number of hydrogen-bond acceptors (Lipinski definition) is 2. The molecule has 0 saturated carbocycles. The van der Waals surface area contributed by atoms with Crippen molar-refractivity contribution >= 4 is 0 Å². The predicted octanol–water partition coefficient (Wildman–Crippen LogP) is 3.37. The standard InChI is InChI=1S/C14H15NO/c1-10-9-12(16-3)6-7-13(10)14-5-4-8-15-11(14)2/h4-9H,1-3H3. The van der Waals surface area contributed by atoms with E-state index in [2.05, 4.69) is 24.0 Å². The Kier molecular flexibility index (Phi) is 2.91. The van der Waals surface area contributed by atoms with Crippen LogP contribution in [-0.4, -0.2) is 12.1 Å². The summed E-state index contributed by atoms with van der Waals surface area (Å²) in [6.45, 7) is 4.11. The molecule has 0 N–H and O–H groups in total. The molecule has 16 heavy (non-hydrogen) atoms. The minimum atomic E-state index is 0.891. The maximum absolute atomic E-state index is 5.20. The summed E-state index contributed by atoms with van der Waals surface area (Å²) < 4.78 is 5.20. The Hall–Kier alpha value is -1.83. The lowest BCUT2D eigenvalue weighted by Gasteiger charge is -2.09. The summed E-state index contributed by atoms with van der Waals surface area (Å²) in [5.41, 5.74) is 4.65. The predicted molar refractivity (Wildman–Crippen MR) is 65.7 cm³/mol. The molecule has 0 bridgehead atoms. The van der Waals surface area contributed by atoms with Gasteiger partial charge in [0.1, 0.15) is 5.75 Å². The lowest BCUT2D eigenvalue weighted by Crippen LogP contribution is -1.90. The average molecular weight is 213 g/mol. The van der Waals surface area contributed by atoms with Crippen molar-refractivity contribution < 1.29 is 4.74 Å². The first-order chi connectivity index (χ1) is 7.72. The van der Waals surface area contributed by atoms with Crippen LogP contribution in [0, 0.1) is 13.8 Å². The van der Waals surface area contributed by atoms with Crippen molar-refractivity contribution in [3.05, 3.63) is 47.8 Å². The summed E-state index contributed by atoms with van der Waals surface area (Å²) >= 11 is 0. The molecular formula is C14H15NO. The number of aromatic nitrogens is 1. The lowest BCUT2D eigenvalue weighted by molar-refractivity contribution is 0.414. The molecule has 82 valence electrons. The van der Waals surface area contributed by atoms with Crippen molar-refractivity contribution in [3.8, 4) is 16.9 Å². The Morgan fingerprint density at radius 2 is 1.88 bits per heavy atom. The zero-order chi connectivity index (χ0) is 11.5. The fraction of sp³-hybridized carbons (Fsp3) is 0.214. The van der Waals surface area contributed by atoms with E-state index >= 15 is 0 Å². The molecule has 0 aliphatic rings. The van der Waals surface area contributed by atoms with Gasteiger partial charge in [0.2, 0.25) is 0 Å². The number of rotatable bonds is 2. The van der Waals surface area contributed by atoms with Gasteiger partial charge in [-0.15, -0.1) is 0 Å². The van der Waals surface area contributed by atoms with Crippen LogP contribution < -0.4 is 4.74 Å². The van der Waals surface area contributed by atoms with Crippen LogP contribution >= 0.6 is 0 Å². The second-order valence-corrected chi connectivity index (χ2v) is 3.82. The molecule has 1 heterocycles. The molecule has 2 nitrogen and oxygen atoms in total. The van der Waals surface area contributed by atoms with Gasteiger partial charge >= 0.3 is 0 Å². The zero-order valence-corrected chi connectivity index (χ0v) is 9.82. The number of aryl methyl sites for hydroxylation is 2. The van der Waals surface area contributed by atoms with Gasteiger partial charge in [-0.1, -0.05) is 12.1 Å². The summed E-state index contributed by atoms with van der Waals surface area (Å²) in [4.78, 5) is 4.31. The molecule has 0 saturated heterocycles. The van der Waals surface area contributed by atoms with Gasteiger partial charge in [0.15, 0.2) is 0 Å². The first-order valence-electron chi connectivity index (χ1n) is 5.29. The fourth-order valence-corrected chi connectivity index (χ4v) is 1.83. The van der Waals surface area contributed by atoms with Crippen LogP contribution in [0.3, 0.4) is 0 Å². The number of pyridine rings is 1. The van der Waals surface area contributed by atoms with Crippen LogP contribution in [0.1, 0.15) is 11.3 Å². The van der Waals surface area contributed by atoms with Crippen molar-refractivity contribution in [1.82, 2.24) is 4.98 Å². The molecule has 1 aromatic heterocycles. The van der Waals surface area contributed by atoms with Crippen molar-refractivity contribution in [3.63, 3.8) is 0 Å². The van der Waals surface area contributed by atoms with E-state index in [-0.39, 0.29) is 0 Å². The Balaban J connectivity index is 2.53. The minimum absolute atomic E-state index is 0.891. The van der Waals surface area contributed by atoms with Gasteiger partial charge in [0.25, 0.3) is 0 Å². The van der Waals surface area contributed by atoms with Crippen molar-refractivity contribution in [1.29, 1.82) is 0 Å². The normalized spacial score (nSPS) is 10.2. The Morgan fingerprint density at radius 3 is 2.50 bits per heavy atom. The van der Waals surface area contributed by atoms with E-state index in [1.165, 1.54) is 16.7 Å². The summed E-state index contributed by atoms with van der Waals surface area (Å²) in [6.07, 6.45) is 1.82. The molecule has 2 heteroatoms. The zero-order valence-electron chi connectivity index (χ0n) is 9.82. The summed E-state index contributed by atoms with van der Waals surface area (Å²) in [7, 11) is 1.68. The third-order valence-electron chi connectivity index (χ3n) is 2.73. The summed E-state index contributed by atoms with van der Waals surface area (Å²) in [5, 5.41) is 0. The van der Waals surface area contributed by atoms with E-state index < -0.39 is 0 Å². The molecule has 0 unspecified atom stereocenters. The molecule has 0 amide bonds.